The fourth-order valence-corrected chi connectivity index (χ4v) is 6.72. The molecule has 194 valence electrons. The molecule has 20 heteroatoms. The number of ether oxygens (including phenoxy) is 2. The van der Waals surface area contributed by atoms with Crippen LogP contribution in [0.25, 0.3) is 11.2 Å². The topological polar surface area (TPSA) is 226 Å². The molecule has 0 amide bonds. The third kappa shape index (κ3) is 6.93. The van der Waals surface area contributed by atoms with Gasteiger partial charge in [-0.15, -0.1) is 6.42 Å². The smallest absolute Gasteiger partial charge is 0.382 e. The molecule has 0 saturated carbocycles. The summed E-state index contributed by atoms with van der Waals surface area (Å²) >= 11 is 0. The third-order valence-corrected chi connectivity index (χ3v) is 9.16. The Bertz CT molecular complexity index is 1230. The van der Waals surface area contributed by atoms with Crippen molar-refractivity contribution in [2.75, 3.05) is 33.2 Å². The molecule has 3 rings (SSSR count). The highest BCUT2D eigenvalue weighted by atomic mass is 31.3. The first-order valence-corrected chi connectivity index (χ1v) is 14.0. The number of hydrogen-bond donors (Lipinski definition) is 3. The molecule has 3 unspecified atom stereocenters. The van der Waals surface area contributed by atoms with Gasteiger partial charge in [-0.2, -0.15) is 8.62 Å². The number of nitrogens with two attached hydrogens (primary N) is 1. The molecule has 2 aromatic rings. The van der Waals surface area contributed by atoms with Crippen LogP contribution in [0.1, 0.15) is 12.6 Å². The van der Waals surface area contributed by atoms with Gasteiger partial charge >= 0.3 is 23.5 Å². The van der Waals surface area contributed by atoms with E-state index in [1.807, 2.05) is 0 Å². The van der Waals surface area contributed by atoms with Crippen LogP contribution in [0.4, 0.5) is 5.82 Å². The molecule has 0 spiro atoms. The second-order valence-electron chi connectivity index (χ2n) is 6.71. The standard InChI is InChI=1S/C15H22N5O12P3/c1-4-5-28-10-6-12(20-9-19-13-14(16)17-8-18-15(13)20)30-11(10)7-29-34(23,24)32-35(25,27-3)31-33(21,22)26-2/h1,8-12H,5-7H2,2-3H3,(H,21,22)(H,23,24)(H2,16,17,18)/t10-,11-,12-,35?/m1/s1. The van der Waals surface area contributed by atoms with Crippen LogP contribution in [0.3, 0.4) is 0 Å². The first-order chi connectivity index (χ1) is 16.4. The number of hydrogen-bond acceptors (Lipinski definition) is 14. The summed E-state index contributed by atoms with van der Waals surface area (Å²) in [6.45, 7) is -0.714. The lowest BCUT2D eigenvalue weighted by Crippen LogP contribution is -2.29. The summed E-state index contributed by atoms with van der Waals surface area (Å²) in [5, 5.41) is 0. The van der Waals surface area contributed by atoms with E-state index in [1.54, 1.807) is 4.57 Å². The van der Waals surface area contributed by atoms with Gasteiger partial charge in [0.2, 0.25) is 0 Å². The number of terminal acetylenes is 1. The normalized spacial score (nSPS) is 25.5. The zero-order chi connectivity index (χ0) is 25.9. The minimum Gasteiger partial charge on any atom is -0.382 e. The molecule has 1 saturated heterocycles. The van der Waals surface area contributed by atoms with E-state index < -0.39 is 48.5 Å². The highest BCUT2D eigenvalue weighted by Crippen LogP contribution is 2.69. The highest BCUT2D eigenvalue weighted by molar-refractivity contribution is 7.67. The second-order valence-corrected chi connectivity index (χ2v) is 11.8. The largest absolute Gasteiger partial charge is 0.492 e. The van der Waals surface area contributed by atoms with Gasteiger partial charge in [-0.1, -0.05) is 5.92 Å². The van der Waals surface area contributed by atoms with Gasteiger partial charge in [-0.05, 0) is 0 Å². The summed E-state index contributed by atoms with van der Waals surface area (Å²) in [5.41, 5.74) is 6.52. The van der Waals surface area contributed by atoms with Crippen molar-refractivity contribution < 1.29 is 55.1 Å². The van der Waals surface area contributed by atoms with E-state index in [0.717, 1.165) is 14.2 Å². The molecule has 17 nitrogen and oxygen atoms in total. The van der Waals surface area contributed by atoms with Crippen molar-refractivity contribution in [1.82, 2.24) is 19.5 Å². The van der Waals surface area contributed by atoms with Crippen LogP contribution in [0, 0.1) is 12.3 Å². The maximum atomic E-state index is 12.4. The van der Waals surface area contributed by atoms with Gasteiger partial charge in [0.25, 0.3) is 0 Å². The predicted octanol–water partition coefficient (Wildman–Crippen LogP) is 1.37. The number of phosphoric acid groups is 3. The van der Waals surface area contributed by atoms with Crippen molar-refractivity contribution in [3.05, 3.63) is 12.7 Å². The number of rotatable bonds is 12. The Morgan fingerprint density at radius 1 is 1.20 bits per heavy atom. The molecule has 1 aliphatic rings. The molecule has 0 aliphatic carbocycles. The fourth-order valence-electron chi connectivity index (χ4n) is 2.99. The van der Waals surface area contributed by atoms with Crippen LogP contribution in [0.5, 0.6) is 0 Å². The number of nitrogens with zero attached hydrogens (tertiary/aromatic N) is 4. The molecular weight excluding hydrogens is 535 g/mol. The van der Waals surface area contributed by atoms with Crippen LogP contribution in [-0.4, -0.2) is 68.9 Å². The predicted molar refractivity (Wildman–Crippen MR) is 116 cm³/mol. The molecule has 3 heterocycles. The summed E-state index contributed by atoms with van der Waals surface area (Å²) in [4.78, 5) is 31.5. The Morgan fingerprint density at radius 3 is 2.57 bits per heavy atom. The molecule has 0 aromatic carbocycles. The summed E-state index contributed by atoms with van der Waals surface area (Å²) in [7, 11) is -13.6. The zero-order valence-corrected chi connectivity index (χ0v) is 21.0. The Kier molecular flexibility index (Phi) is 8.82. The first kappa shape index (κ1) is 27.8. The summed E-state index contributed by atoms with van der Waals surface area (Å²) in [6.07, 6.45) is 5.74. The lowest BCUT2D eigenvalue weighted by molar-refractivity contribution is -0.0545. The number of nitrogen functional groups attached to an aromatic ring is 1. The molecule has 6 atom stereocenters. The number of phosphoric ester groups is 2. The van der Waals surface area contributed by atoms with Crippen LogP contribution < -0.4 is 5.73 Å². The SMILES string of the molecule is C#CCO[C@@H]1C[C@H](n2cnc3c(N)ncnc32)O[C@@H]1COP(=O)(O)OP(=O)(OC)OP(=O)(O)OC. The zero-order valence-electron chi connectivity index (χ0n) is 18.3. The van der Waals surface area contributed by atoms with Crippen molar-refractivity contribution >= 4 is 40.4 Å². The van der Waals surface area contributed by atoms with E-state index in [2.05, 4.69) is 38.5 Å². The molecule has 0 radical (unpaired) electrons. The number of imidazole rings is 1. The van der Waals surface area contributed by atoms with Gasteiger partial charge in [-0.25, -0.2) is 28.6 Å². The average Bonchev–Trinajstić information content (AvgIpc) is 3.40. The Labute approximate surface area is 198 Å². The molecule has 35 heavy (non-hydrogen) atoms. The molecule has 1 aliphatic heterocycles. The maximum absolute atomic E-state index is 12.4. The highest BCUT2D eigenvalue weighted by Gasteiger charge is 2.45. The Hall–Kier alpha value is -1.76. The fraction of sp³-hybridized carbons (Fsp3) is 0.533. The maximum Gasteiger partial charge on any atom is 0.492 e. The first-order valence-electron chi connectivity index (χ1n) is 9.50. The number of aromatic nitrogens is 4. The van der Waals surface area contributed by atoms with Crippen LogP contribution in [0.2, 0.25) is 0 Å². The minimum absolute atomic E-state index is 0.0974. The summed E-state index contributed by atoms with van der Waals surface area (Å²) in [6, 6.07) is 0. The number of anilines is 1. The average molecular weight is 557 g/mol. The third-order valence-electron chi connectivity index (χ3n) is 4.52. The van der Waals surface area contributed by atoms with Gasteiger partial charge < -0.3 is 25.0 Å². The van der Waals surface area contributed by atoms with Crippen LogP contribution in [0.15, 0.2) is 12.7 Å². The van der Waals surface area contributed by atoms with E-state index in [-0.39, 0.29) is 18.8 Å². The van der Waals surface area contributed by atoms with Gasteiger partial charge in [0.15, 0.2) is 11.5 Å². The summed E-state index contributed by atoms with van der Waals surface area (Å²) < 4.78 is 71.1. The number of fused-ring (bicyclic) bond motifs is 1. The minimum atomic E-state index is -5.19. The van der Waals surface area contributed by atoms with Crippen molar-refractivity contribution in [1.29, 1.82) is 0 Å². The Balaban J connectivity index is 1.73. The van der Waals surface area contributed by atoms with Gasteiger partial charge in [-0.3, -0.25) is 18.1 Å². The van der Waals surface area contributed by atoms with E-state index >= 15 is 0 Å². The quantitative estimate of drug-likeness (QED) is 0.247. The molecule has 2 aromatic heterocycles. The Morgan fingerprint density at radius 2 is 1.91 bits per heavy atom. The van der Waals surface area contributed by atoms with Crippen LogP contribution in [-0.2, 0) is 45.4 Å². The van der Waals surface area contributed by atoms with Crippen molar-refractivity contribution in [2.45, 2.75) is 24.9 Å². The monoisotopic (exact) mass is 557 g/mol. The van der Waals surface area contributed by atoms with Gasteiger partial charge in [0.05, 0.1) is 19.0 Å². The second kappa shape index (κ2) is 11.1. The molecule has 1 fully saturated rings. The van der Waals surface area contributed by atoms with E-state index in [1.165, 1.54) is 12.7 Å². The lowest BCUT2D eigenvalue weighted by atomic mass is 10.2. The summed E-state index contributed by atoms with van der Waals surface area (Å²) in [5.74, 6) is 2.47. The van der Waals surface area contributed by atoms with E-state index in [0.29, 0.717) is 11.2 Å². The molecular formula is C15H22N5O12P3. The molecule has 0 bridgehead atoms. The van der Waals surface area contributed by atoms with Gasteiger partial charge in [0, 0.05) is 20.6 Å². The van der Waals surface area contributed by atoms with E-state index in [9.17, 15) is 23.5 Å². The lowest BCUT2D eigenvalue weighted by Gasteiger charge is -2.22. The molecule has 4 N–H and O–H groups in total. The van der Waals surface area contributed by atoms with E-state index in [4.69, 9.17) is 26.2 Å². The van der Waals surface area contributed by atoms with Gasteiger partial charge in [0.1, 0.15) is 30.8 Å². The van der Waals surface area contributed by atoms with Crippen molar-refractivity contribution in [3.8, 4) is 12.3 Å². The van der Waals surface area contributed by atoms with Crippen LogP contribution >= 0.6 is 23.5 Å². The van der Waals surface area contributed by atoms with Crippen molar-refractivity contribution in [3.63, 3.8) is 0 Å². The van der Waals surface area contributed by atoms with Crippen molar-refractivity contribution in [2.24, 2.45) is 0 Å².